The molecule has 0 saturated heterocycles. The Balaban J connectivity index is 0.000000253. The molecule has 1 saturated carbocycles. The first-order chi connectivity index (χ1) is 21.7. The molecule has 2 heterocycles. The molecule has 1 radical (unpaired) electrons. The van der Waals surface area contributed by atoms with Gasteiger partial charge in [-0.05, 0) is 31.2 Å². The summed E-state index contributed by atoms with van der Waals surface area (Å²) in [6.45, 7) is 9.95. The van der Waals surface area contributed by atoms with Crippen molar-refractivity contribution < 1.29 is 24.9 Å². The first-order valence-corrected chi connectivity index (χ1v) is 16.2. The summed E-state index contributed by atoms with van der Waals surface area (Å²) in [6.07, 6.45) is 7.95. The topological polar surface area (TPSA) is 61.9 Å². The Kier molecular flexibility index (Phi) is 10.4. The van der Waals surface area contributed by atoms with Gasteiger partial charge in [-0.1, -0.05) is 118 Å². The maximum absolute atomic E-state index is 10.8. The smallest absolute Gasteiger partial charge is 0.151 e. The molecule has 0 atom stereocenters. The van der Waals surface area contributed by atoms with E-state index in [1.165, 1.54) is 64.7 Å². The molecule has 1 aliphatic rings. The van der Waals surface area contributed by atoms with E-state index in [4.69, 9.17) is 9.97 Å². The molecule has 2 aromatic heterocycles. The average Bonchev–Trinajstić information content (AvgIpc) is 3.32. The van der Waals surface area contributed by atoms with Crippen molar-refractivity contribution in [1.29, 1.82) is 0 Å². The summed E-state index contributed by atoms with van der Waals surface area (Å²) in [7, 11) is 2.11. The van der Waals surface area contributed by atoms with Gasteiger partial charge in [-0.15, -0.1) is 35.2 Å². The summed E-state index contributed by atoms with van der Waals surface area (Å²) >= 11 is 0. The normalized spacial score (nSPS) is 14.0. The van der Waals surface area contributed by atoms with E-state index in [0.717, 1.165) is 39.2 Å². The molecule has 46 heavy (non-hydrogen) atoms. The van der Waals surface area contributed by atoms with Crippen molar-refractivity contribution in [3.8, 4) is 11.3 Å². The van der Waals surface area contributed by atoms with E-state index < -0.39 is 0 Å². The Morgan fingerprint density at radius 1 is 0.935 bits per heavy atom. The van der Waals surface area contributed by atoms with Crippen LogP contribution in [0, 0.1) is 13.0 Å². The summed E-state index contributed by atoms with van der Waals surface area (Å²) < 4.78 is 2.22. The number of nitrogens with zero attached hydrogens (tertiary/aromatic N) is 4. The van der Waals surface area contributed by atoms with Crippen molar-refractivity contribution in [3.05, 3.63) is 101 Å². The SMILES string of the molecule is CC(=O)/C=C(/C)[N-]C1CCCCC1.Cc1nc(-c2[c-]c3ccccc3c(C(C)C)c2)c2c3ccc4ccccc4c3n(C)c2n1.[Ir]. The molecule has 0 bridgehead atoms. The van der Waals surface area contributed by atoms with Gasteiger partial charge in [0.25, 0.3) is 0 Å². The zero-order valence-corrected chi connectivity index (χ0v) is 30.0. The van der Waals surface area contributed by atoms with Crippen molar-refractivity contribution in [1.82, 2.24) is 14.5 Å². The molecule has 1 fully saturated rings. The van der Waals surface area contributed by atoms with E-state index >= 15 is 0 Å². The van der Waals surface area contributed by atoms with Gasteiger partial charge in [0.2, 0.25) is 0 Å². The van der Waals surface area contributed by atoms with Gasteiger partial charge >= 0.3 is 0 Å². The van der Waals surface area contributed by atoms with Gasteiger partial charge in [0.15, 0.2) is 5.78 Å². The van der Waals surface area contributed by atoms with Crippen LogP contribution in [0.25, 0.3) is 60.1 Å². The quantitative estimate of drug-likeness (QED) is 0.129. The third kappa shape index (κ3) is 6.79. The van der Waals surface area contributed by atoms with Crippen molar-refractivity contribution >= 4 is 49.3 Å². The zero-order valence-electron chi connectivity index (χ0n) is 27.6. The van der Waals surface area contributed by atoms with Crippen LogP contribution >= 0.6 is 0 Å². The molecule has 6 heteroatoms. The van der Waals surface area contributed by atoms with E-state index in [-0.39, 0.29) is 25.9 Å². The number of hydrogen-bond acceptors (Lipinski definition) is 3. The number of ketones is 1. The molecule has 0 N–H and O–H groups in total. The van der Waals surface area contributed by atoms with Gasteiger partial charge in [0, 0.05) is 49.0 Å². The number of aromatic nitrogens is 3. The molecule has 7 rings (SSSR count). The monoisotopic (exact) mass is 787 g/mol. The van der Waals surface area contributed by atoms with Crippen molar-refractivity contribution in [2.75, 3.05) is 0 Å². The number of carbonyl (C=O) groups is 1. The Bertz CT molecular complexity index is 2070. The molecule has 6 aromatic rings. The van der Waals surface area contributed by atoms with Gasteiger partial charge in [-0.2, -0.15) is 5.70 Å². The summed E-state index contributed by atoms with van der Waals surface area (Å²) in [5.74, 6) is 1.27. The molecule has 0 spiro atoms. The Morgan fingerprint density at radius 2 is 1.63 bits per heavy atom. The van der Waals surface area contributed by atoms with E-state index in [9.17, 15) is 4.79 Å². The second kappa shape index (κ2) is 14.3. The first kappa shape index (κ1) is 33.5. The van der Waals surface area contributed by atoms with E-state index in [0.29, 0.717) is 12.0 Å². The maximum atomic E-state index is 10.8. The number of aryl methyl sites for hydroxylation is 2. The van der Waals surface area contributed by atoms with Crippen molar-refractivity contribution in [3.63, 3.8) is 0 Å². The summed E-state index contributed by atoms with van der Waals surface area (Å²) in [5.41, 5.74) is 6.36. The number of fused-ring (bicyclic) bond motifs is 6. The van der Waals surface area contributed by atoms with Crippen LogP contribution in [0.5, 0.6) is 0 Å². The van der Waals surface area contributed by atoms with Crippen molar-refractivity contribution in [2.45, 2.75) is 78.7 Å². The maximum Gasteiger partial charge on any atom is 0.151 e. The summed E-state index contributed by atoms with van der Waals surface area (Å²) in [5, 5.41) is 11.7. The molecular weight excluding hydrogens is 745 g/mol. The fourth-order valence-electron chi connectivity index (χ4n) is 6.86. The molecule has 4 aromatic carbocycles. The second-order valence-electron chi connectivity index (χ2n) is 12.7. The van der Waals surface area contributed by atoms with Crippen LogP contribution in [0.1, 0.15) is 77.1 Å². The number of rotatable bonds is 5. The van der Waals surface area contributed by atoms with Crippen LogP contribution in [0.15, 0.2) is 78.5 Å². The molecule has 1 aliphatic carbocycles. The number of hydrogen-bond donors (Lipinski definition) is 0. The van der Waals surface area contributed by atoms with Gasteiger partial charge in [-0.3, -0.25) is 9.78 Å². The first-order valence-electron chi connectivity index (χ1n) is 16.2. The Morgan fingerprint density at radius 3 is 2.35 bits per heavy atom. The molecule has 0 aliphatic heterocycles. The van der Waals surface area contributed by atoms with Crippen LogP contribution in [0.3, 0.4) is 0 Å². The minimum absolute atomic E-state index is 0. The number of benzene rings is 4. The third-order valence-corrected chi connectivity index (χ3v) is 8.88. The molecular formula is C40H42IrN4O-2. The average molecular weight is 787 g/mol. The molecule has 5 nitrogen and oxygen atoms in total. The third-order valence-electron chi connectivity index (χ3n) is 8.88. The van der Waals surface area contributed by atoms with E-state index in [1.54, 1.807) is 13.0 Å². The fourth-order valence-corrected chi connectivity index (χ4v) is 6.86. The minimum atomic E-state index is 0. The van der Waals surface area contributed by atoms with E-state index in [2.05, 4.69) is 104 Å². The van der Waals surface area contributed by atoms with Gasteiger partial charge in [-0.25, -0.2) is 4.98 Å². The molecule has 0 amide bonds. The fraction of sp³-hybridized carbons (Fsp3) is 0.325. The van der Waals surface area contributed by atoms with E-state index in [1.807, 2.05) is 13.8 Å². The van der Waals surface area contributed by atoms with Crippen LogP contribution in [-0.2, 0) is 31.9 Å². The van der Waals surface area contributed by atoms with Gasteiger partial charge < -0.3 is 9.88 Å². The minimum Gasteiger partial charge on any atom is -0.685 e. The molecule has 0 unspecified atom stereocenters. The van der Waals surface area contributed by atoms with Crippen molar-refractivity contribution in [2.24, 2.45) is 7.05 Å². The summed E-state index contributed by atoms with van der Waals surface area (Å²) in [6, 6.07) is 27.9. The largest absolute Gasteiger partial charge is 0.685 e. The Hall–Kier alpha value is -3.86. The number of allylic oxidation sites excluding steroid dienone is 2. The number of carbonyl (C=O) groups excluding carboxylic acids is 1. The Labute approximate surface area is 285 Å². The van der Waals surface area contributed by atoms with Crippen LogP contribution in [-0.4, -0.2) is 26.4 Å². The zero-order chi connectivity index (χ0) is 31.7. The van der Waals surface area contributed by atoms with Gasteiger partial charge in [0.1, 0.15) is 11.5 Å². The van der Waals surface area contributed by atoms with Crippen LogP contribution in [0.4, 0.5) is 0 Å². The standard InChI is InChI=1S/C29H24N3.C11H19NO.Ir/c1-17(2)25-16-21(15-20-10-6-7-11-22(20)25)27-26-24-14-13-19-9-5-8-12-23(19)28(24)32(4)29(26)31-18(3)30-27;1-9(8-10(2)13)12-11-6-4-3-5-7-11;/h5-14,16-17H,1-4H3;8,11H,3-7H2,1-2H3,(H,12,13);/q-1;;/p-1. The predicted molar refractivity (Wildman–Crippen MR) is 189 cm³/mol. The van der Waals surface area contributed by atoms with Crippen LogP contribution in [0.2, 0.25) is 0 Å². The van der Waals surface area contributed by atoms with Crippen LogP contribution < -0.4 is 0 Å². The molecule has 239 valence electrons. The van der Waals surface area contributed by atoms with Gasteiger partial charge in [0.05, 0.1) is 5.52 Å². The second-order valence-corrected chi connectivity index (χ2v) is 12.7. The summed E-state index contributed by atoms with van der Waals surface area (Å²) in [4.78, 5) is 20.6. The predicted octanol–water partition coefficient (Wildman–Crippen LogP) is 10.5.